The molecule has 0 spiro atoms. The molecule has 22 heavy (non-hydrogen) atoms. The average Bonchev–Trinajstić information content (AvgIpc) is 2.87. The molecular weight excluding hydrogens is 302 g/mol. The molecule has 0 bridgehead atoms. The fraction of sp³-hybridized carbons (Fsp3) is 0.400. The second-order valence-electron chi connectivity index (χ2n) is 5.80. The minimum absolute atomic E-state index is 0.274. The Hall–Kier alpha value is -1.92. The number of halogens is 1. The van der Waals surface area contributed by atoms with Gasteiger partial charge in [-0.05, 0) is 38.5 Å². The quantitative estimate of drug-likeness (QED) is 0.881. The molecule has 1 amide bonds. The van der Waals surface area contributed by atoms with Gasteiger partial charge < -0.3 is 11.1 Å². The van der Waals surface area contributed by atoms with Crippen molar-refractivity contribution in [1.29, 1.82) is 0 Å². The number of amides is 1. The van der Waals surface area contributed by atoms with Gasteiger partial charge in [0.1, 0.15) is 0 Å². The number of benzene rings is 1. The van der Waals surface area contributed by atoms with Crippen LogP contribution in [0.15, 0.2) is 24.3 Å². The summed E-state index contributed by atoms with van der Waals surface area (Å²) in [4.78, 5) is 12.3. The fourth-order valence-electron chi connectivity index (χ4n) is 2.00. The van der Waals surface area contributed by atoms with Crippen LogP contribution in [-0.4, -0.2) is 33.0 Å². The minimum atomic E-state index is -0.481. The Morgan fingerprint density at radius 2 is 2.18 bits per heavy atom. The normalized spacial score (nSPS) is 11.5. The highest BCUT2D eigenvalue weighted by Gasteiger charge is 2.21. The fourth-order valence-corrected chi connectivity index (χ4v) is 2.19. The maximum Gasteiger partial charge on any atom is 0.273 e. The van der Waals surface area contributed by atoms with Crippen molar-refractivity contribution in [3.63, 3.8) is 0 Å². The van der Waals surface area contributed by atoms with E-state index in [4.69, 9.17) is 17.3 Å². The molecule has 0 saturated carbocycles. The SMILES string of the molecule is CCc1c(C(=O)NCC(C)(C)N)nnn1-c1cccc(Cl)c1. The van der Waals surface area contributed by atoms with E-state index in [2.05, 4.69) is 15.6 Å². The van der Waals surface area contributed by atoms with Crippen molar-refractivity contribution >= 4 is 17.5 Å². The van der Waals surface area contributed by atoms with Gasteiger partial charge in [0.05, 0.1) is 11.4 Å². The summed E-state index contributed by atoms with van der Waals surface area (Å²) in [5.41, 5.74) is 7.21. The maximum absolute atomic E-state index is 12.3. The highest BCUT2D eigenvalue weighted by atomic mass is 35.5. The molecule has 0 aliphatic carbocycles. The van der Waals surface area contributed by atoms with Gasteiger partial charge in [0.15, 0.2) is 5.69 Å². The molecule has 1 aromatic carbocycles. The van der Waals surface area contributed by atoms with Gasteiger partial charge in [-0.2, -0.15) is 0 Å². The highest BCUT2D eigenvalue weighted by molar-refractivity contribution is 6.30. The van der Waals surface area contributed by atoms with Crippen molar-refractivity contribution in [2.75, 3.05) is 6.54 Å². The third-order valence-corrected chi connectivity index (χ3v) is 3.31. The van der Waals surface area contributed by atoms with E-state index in [1.807, 2.05) is 32.9 Å². The number of aromatic nitrogens is 3. The van der Waals surface area contributed by atoms with Gasteiger partial charge in [-0.3, -0.25) is 4.79 Å². The predicted molar refractivity (Wildman–Crippen MR) is 86.3 cm³/mol. The summed E-state index contributed by atoms with van der Waals surface area (Å²) in [5, 5.41) is 11.5. The lowest BCUT2D eigenvalue weighted by atomic mass is 10.1. The molecule has 2 rings (SSSR count). The molecule has 0 radical (unpaired) electrons. The molecule has 0 saturated heterocycles. The molecule has 6 nitrogen and oxygen atoms in total. The van der Waals surface area contributed by atoms with Crippen LogP contribution in [0.2, 0.25) is 5.02 Å². The summed E-state index contributed by atoms with van der Waals surface area (Å²) in [5.74, 6) is -0.274. The van der Waals surface area contributed by atoms with Crippen molar-refractivity contribution in [1.82, 2.24) is 20.3 Å². The average molecular weight is 322 g/mol. The third-order valence-electron chi connectivity index (χ3n) is 3.07. The number of carbonyl (C=O) groups excluding carboxylic acids is 1. The zero-order chi connectivity index (χ0) is 16.3. The Morgan fingerprint density at radius 1 is 1.45 bits per heavy atom. The monoisotopic (exact) mass is 321 g/mol. The van der Waals surface area contributed by atoms with Gasteiger partial charge in [-0.15, -0.1) is 5.10 Å². The van der Waals surface area contributed by atoms with Gasteiger partial charge in [0.2, 0.25) is 0 Å². The molecule has 0 unspecified atom stereocenters. The third kappa shape index (κ3) is 3.84. The molecule has 1 heterocycles. The number of nitrogens with zero attached hydrogens (tertiary/aromatic N) is 3. The van der Waals surface area contributed by atoms with Gasteiger partial charge in [0.25, 0.3) is 5.91 Å². The first-order valence-electron chi connectivity index (χ1n) is 7.09. The number of hydrogen-bond donors (Lipinski definition) is 2. The van der Waals surface area contributed by atoms with E-state index in [0.29, 0.717) is 23.7 Å². The van der Waals surface area contributed by atoms with Crippen LogP contribution < -0.4 is 11.1 Å². The number of hydrogen-bond acceptors (Lipinski definition) is 4. The van der Waals surface area contributed by atoms with E-state index in [1.165, 1.54) is 0 Å². The Balaban J connectivity index is 2.30. The first kappa shape index (κ1) is 16.5. The molecule has 2 aromatic rings. The molecule has 0 fully saturated rings. The van der Waals surface area contributed by atoms with Crippen molar-refractivity contribution in [2.45, 2.75) is 32.7 Å². The number of carbonyl (C=O) groups is 1. The van der Waals surface area contributed by atoms with Gasteiger partial charge in [-0.25, -0.2) is 4.68 Å². The van der Waals surface area contributed by atoms with E-state index < -0.39 is 5.54 Å². The van der Waals surface area contributed by atoms with Crippen LogP contribution in [-0.2, 0) is 6.42 Å². The minimum Gasteiger partial charge on any atom is -0.349 e. The summed E-state index contributed by atoms with van der Waals surface area (Å²) >= 11 is 6.00. The summed E-state index contributed by atoms with van der Waals surface area (Å²) in [6.45, 7) is 6.00. The van der Waals surface area contributed by atoms with Crippen LogP contribution in [0.1, 0.15) is 37.0 Å². The first-order chi connectivity index (χ1) is 10.3. The van der Waals surface area contributed by atoms with E-state index in [1.54, 1.807) is 16.8 Å². The molecule has 0 aliphatic heterocycles. The smallest absolute Gasteiger partial charge is 0.273 e. The van der Waals surface area contributed by atoms with Gasteiger partial charge >= 0.3 is 0 Å². The van der Waals surface area contributed by atoms with E-state index >= 15 is 0 Å². The van der Waals surface area contributed by atoms with E-state index in [-0.39, 0.29) is 5.91 Å². The molecule has 0 atom stereocenters. The van der Waals surface area contributed by atoms with Gasteiger partial charge in [-0.1, -0.05) is 29.8 Å². The molecule has 118 valence electrons. The Kier molecular flexibility index (Phi) is 4.83. The number of nitrogens with two attached hydrogens (primary N) is 1. The van der Waals surface area contributed by atoms with Crippen LogP contribution in [0, 0.1) is 0 Å². The maximum atomic E-state index is 12.3. The lowest BCUT2D eigenvalue weighted by molar-refractivity contribution is 0.0940. The molecular formula is C15H20ClN5O. The molecule has 7 heteroatoms. The first-order valence-corrected chi connectivity index (χ1v) is 7.47. The Labute approximate surface area is 134 Å². The summed E-state index contributed by atoms with van der Waals surface area (Å²) in [6.07, 6.45) is 0.619. The lowest BCUT2D eigenvalue weighted by Gasteiger charge is -2.18. The zero-order valence-corrected chi connectivity index (χ0v) is 13.7. The Morgan fingerprint density at radius 3 is 2.77 bits per heavy atom. The number of rotatable bonds is 5. The largest absolute Gasteiger partial charge is 0.349 e. The van der Waals surface area contributed by atoms with E-state index in [0.717, 1.165) is 11.4 Å². The summed E-state index contributed by atoms with van der Waals surface area (Å²) in [6, 6.07) is 7.25. The van der Waals surface area contributed by atoms with Crippen molar-refractivity contribution in [3.8, 4) is 5.69 Å². The van der Waals surface area contributed by atoms with Crippen LogP contribution >= 0.6 is 11.6 Å². The zero-order valence-electron chi connectivity index (χ0n) is 12.9. The molecule has 1 aromatic heterocycles. The van der Waals surface area contributed by atoms with Crippen molar-refractivity contribution in [3.05, 3.63) is 40.7 Å². The number of nitrogens with one attached hydrogen (secondary N) is 1. The lowest BCUT2D eigenvalue weighted by Crippen LogP contribution is -2.45. The predicted octanol–water partition coefficient (Wildman–Crippen LogP) is 1.95. The molecule has 0 aliphatic rings. The van der Waals surface area contributed by atoms with Crippen molar-refractivity contribution in [2.24, 2.45) is 5.73 Å². The van der Waals surface area contributed by atoms with E-state index in [9.17, 15) is 4.79 Å². The second kappa shape index (κ2) is 6.46. The highest BCUT2D eigenvalue weighted by Crippen LogP contribution is 2.17. The van der Waals surface area contributed by atoms with Crippen molar-refractivity contribution < 1.29 is 4.79 Å². The summed E-state index contributed by atoms with van der Waals surface area (Å²) < 4.78 is 1.63. The van der Waals surface area contributed by atoms with Gasteiger partial charge in [0, 0.05) is 17.1 Å². The topological polar surface area (TPSA) is 85.8 Å². The second-order valence-corrected chi connectivity index (χ2v) is 6.24. The van der Waals surface area contributed by atoms with Crippen LogP contribution in [0.25, 0.3) is 5.69 Å². The van der Waals surface area contributed by atoms with Crippen LogP contribution in [0.4, 0.5) is 0 Å². The van der Waals surface area contributed by atoms with Crippen LogP contribution in [0.5, 0.6) is 0 Å². The summed E-state index contributed by atoms with van der Waals surface area (Å²) in [7, 11) is 0. The molecule has 3 N–H and O–H groups in total. The van der Waals surface area contributed by atoms with Crippen LogP contribution in [0.3, 0.4) is 0 Å². The Bertz CT molecular complexity index is 675. The standard InChI is InChI=1S/C15H20ClN5O/c1-4-12-13(14(22)18-9-15(2,3)17)19-20-21(12)11-7-5-6-10(16)8-11/h5-8H,4,9,17H2,1-3H3,(H,18,22).